The van der Waals surface area contributed by atoms with Crippen LogP contribution in [0.4, 0.5) is 11.4 Å². The van der Waals surface area contributed by atoms with Crippen molar-refractivity contribution in [2.45, 2.75) is 20.3 Å². The number of benzene rings is 3. The van der Waals surface area contributed by atoms with Crippen LogP contribution in [0.15, 0.2) is 76.5 Å². The van der Waals surface area contributed by atoms with Gasteiger partial charge in [0.15, 0.2) is 0 Å². The number of hydrogen-bond donors (Lipinski definition) is 1. The number of non-ortho nitro benzene ring substituents is 1. The first-order valence-electron chi connectivity index (χ1n) is 11.9. The van der Waals surface area contributed by atoms with E-state index in [1.165, 1.54) is 41.6 Å². The maximum atomic E-state index is 13.4. The van der Waals surface area contributed by atoms with Gasteiger partial charge in [0.2, 0.25) is 0 Å². The van der Waals surface area contributed by atoms with Crippen LogP contribution >= 0.6 is 11.3 Å². The van der Waals surface area contributed by atoms with Crippen molar-refractivity contribution in [3.8, 4) is 16.3 Å². The Hall–Kier alpha value is -4.90. The average Bonchev–Trinajstić information content (AvgIpc) is 3.49. The molecule has 2 heterocycles. The quantitative estimate of drug-likeness (QED) is 0.125. The summed E-state index contributed by atoms with van der Waals surface area (Å²) in [5, 5.41) is 14.8. The molecule has 0 radical (unpaired) electrons. The second-order valence-electron chi connectivity index (χ2n) is 8.87. The van der Waals surface area contributed by atoms with Crippen molar-refractivity contribution >= 4 is 44.6 Å². The van der Waals surface area contributed by atoms with E-state index in [0.29, 0.717) is 22.8 Å². The number of esters is 1. The van der Waals surface area contributed by atoms with E-state index in [-0.39, 0.29) is 17.7 Å². The van der Waals surface area contributed by atoms with Gasteiger partial charge in [0.25, 0.3) is 11.2 Å². The molecule has 0 amide bonds. The third-order valence-corrected chi connectivity index (χ3v) is 7.22. The molecule has 0 saturated carbocycles. The van der Waals surface area contributed by atoms with Crippen molar-refractivity contribution in [3.63, 3.8) is 0 Å². The summed E-state index contributed by atoms with van der Waals surface area (Å²) in [6, 6.07) is 19.2. The number of thiazole rings is 1. The van der Waals surface area contributed by atoms with Gasteiger partial charge in [0.1, 0.15) is 5.01 Å². The van der Waals surface area contributed by atoms with E-state index in [9.17, 15) is 19.7 Å². The molecule has 0 saturated heterocycles. The Balaban J connectivity index is 1.49. The molecule has 0 fully saturated rings. The molecule has 2 aromatic heterocycles. The zero-order chi connectivity index (χ0) is 27.7. The predicted molar refractivity (Wildman–Crippen MR) is 150 cm³/mol. The van der Waals surface area contributed by atoms with E-state index in [1.54, 1.807) is 18.3 Å². The van der Waals surface area contributed by atoms with Gasteiger partial charge in [0, 0.05) is 17.7 Å². The molecule has 39 heavy (non-hydrogen) atoms. The number of aromatic nitrogens is 3. The second-order valence-corrected chi connectivity index (χ2v) is 9.90. The fraction of sp³-hybridized carbons (Fsp3) is 0.143. The highest BCUT2D eigenvalue weighted by Gasteiger charge is 2.21. The predicted octanol–water partition coefficient (Wildman–Crippen LogP) is 5.52. The third kappa shape index (κ3) is 5.25. The van der Waals surface area contributed by atoms with Crippen LogP contribution in [-0.2, 0) is 16.0 Å². The fourth-order valence-corrected chi connectivity index (χ4v) is 5.26. The first-order valence-corrected chi connectivity index (χ1v) is 12.7. The summed E-state index contributed by atoms with van der Waals surface area (Å²) in [6.07, 6.45) is -0.177. The maximum absolute atomic E-state index is 13.4. The second kappa shape index (κ2) is 10.5. The van der Waals surface area contributed by atoms with Crippen LogP contribution < -0.4 is 5.56 Å². The molecule has 5 aromatic rings. The van der Waals surface area contributed by atoms with Crippen molar-refractivity contribution in [2.75, 3.05) is 7.11 Å². The average molecular weight is 542 g/mol. The molecule has 1 N–H and O–H groups in total. The monoisotopic (exact) mass is 541 g/mol. The topological polar surface area (TPSA) is 132 Å². The number of nitro groups is 1. The largest absolute Gasteiger partial charge is 0.469 e. The standard InChI is InChI=1S/C28H23N5O5S/c1-16-4-13-22-24(14-16)39-27(30-22)18-5-7-19(8-6-18)29-17(2)26-23(15-25(34)38-3)31-32(28(26)35)20-9-11-21(12-10-20)33(36)37/h4-14,31H,15H2,1-3H3. The molecule has 3 aromatic carbocycles. The molecule has 11 heteroatoms. The first kappa shape index (κ1) is 25.7. The molecule has 0 bridgehead atoms. The number of nitrogens with zero attached hydrogens (tertiary/aromatic N) is 4. The third-order valence-electron chi connectivity index (χ3n) is 6.15. The van der Waals surface area contributed by atoms with E-state index in [2.05, 4.69) is 23.1 Å². The van der Waals surface area contributed by atoms with E-state index >= 15 is 0 Å². The van der Waals surface area contributed by atoms with Gasteiger partial charge < -0.3 is 4.74 Å². The molecule has 0 unspecified atom stereocenters. The molecule has 0 spiro atoms. The Morgan fingerprint density at radius 1 is 1.13 bits per heavy atom. The summed E-state index contributed by atoms with van der Waals surface area (Å²) in [7, 11) is 1.27. The van der Waals surface area contributed by atoms with Crippen LogP contribution in [0.1, 0.15) is 23.7 Å². The number of nitro benzene ring substituents is 1. The van der Waals surface area contributed by atoms with E-state index < -0.39 is 16.5 Å². The number of carbonyl (C=O) groups excluding carboxylic acids is 1. The number of H-pyrrole nitrogens is 1. The number of aromatic amines is 1. The number of rotatable bonds is 7. The molecule has 196 valence electrons. The zero-order valence-corrected chi connectivity index (χ0v) is 22.1. The number of hydrogen-bond acceptors (Lipinski definition) is 8. The molecule has 0 aliphatic rings. The first-order chi connectivity index (χ1) is 18.7. The number of aryl methyl sites for hydroxylation is 1. The van der Waals surface area contributed by atoms with Gasteiger partial charge in [-0.2, -0.15) is 0 Å². The number of nitrogens with one attached hydrogen (secondary N) is 1. The van der Waals surface area contributed by atoms with Crippen molar-refractivity contribution in [1.82, 2.24) is 14.8 Å². The summed E-state index contributed by atoms with van der Waals surface area (Å²) in [5.74, 6) is -0.531. The lowest BCUT2D eigenvalue weighted by Crippen LogP contribution is -2.20. The van der Waals surface area contributed by atoms with Crippen molar-refractivity contribution in [3.05, 3.63) is 104 Å². The summed E-state index contributed by atoms with van der Waals surface area (Å²) < 4.78 is 7.15. The Kier molecular flexibility index (Phi) is 6.90. The minimum Gasteiger partial charge on any atom is -0.469 e. The van der Waals surface area contributed by atoms with Crippen molar-refractivity contribution in [1.29, 1.82) is 0 Å². The zero-order valence-electron chi connectivity index (χ0n) is 21.3. The van der Waals surface area contributed by atoms with Gasteiger partial charge in [-0.05, 0) is 67.9 Å². The normalized spacial score (nSPS) is 11.6. The van der Waals surface area contributed by atoms with Crippen LogP contribution in [0.5, 0.6) is 0 Å². The highest BCUT2D eigenvalue weighted by atomic mass is 32.1. The lowest BCUT2D eigenvalue weighted by atomic mass is 10.1. The Morgan fingerprint density at radius 2 is 1.85 bits per heavy atom. The van der Waals surface area contributed by atoms with Gasteiger partial charge in [0.05, 0.1) is 57.0 Å². The van der Waals surface area contributed by atoms with Gasteiger partial charge in [-0.1, -0.05) is 6.07 Å². The van der Waals surface area contributed by atoms with Gasteiger partial charge in [-0.25, -0.2) is 9.67 Å². The summed E-state index contributed by atoms with van der Waals surface area (Å²) >= 11 is 1.62. The van der Waals surface area contributed by atoms with E-state index in [0.717, 1.165) is 20.8 Å². The smallest absolute Gasteiger partial charge is 0.311 e. The van der Waals surface area contributed by atoms with Gasteiger partial charge >= 0.3 is 5.97 Å². The molecular formula is C28H23N5O5S. The Morgan fingerprint density at radius 3 is 2.51 bits per heavy atom. The Bertz CT molecular complexity index is 1800. The Labute approximate surface area is 226 Å². The van der Waals surface area contributed by atoms with Crippen LogP contribution in [0.3, 0.4) is 0 Å². The number of fused-ring (bicyclic) bond motifs is 1. The van der Waals surface area contributed by atoms with Crippen LogP contribution in [0.2, 0.25) is 0 Å². The highest BCUT2D eigenvalue weighted by molar-refractivity contribution is 7.21. The summed E-state index contributed by atoms with van der Waals surface area (Å²) in [6.45, 7) is 3.74. The molecule has 0 aliphatic carbocycles. The van der Waals surface area contributed by atoms with Gasteiger partial charge in [-0.15, -0.1) is 11.3 Å². The lowest BCUT2D eigenvalue weighted by molar-refractivity contribution is -0.384. The number of ether oxygens (including phenoxy) is 1. The minimum absolute atomic E-state index is 0.101. The van der Waals surface area contributed by atoms with E-state index in [4.69, 9.17) is 9.72 Å². The molecule has 0 aliphatic heterocycles. The SMILES string of the molecule is COC(=O)Cc1[nH]n(-c2ccc([N+](=O)[O-])cc2)c(=O)c1C(C)=Nc1ccc(-c2nc3ccc(C)cc3s2)cc1. The van der Waals surface area contributed by atoms with Crippen LogP contribution in [-0.4, -0.2) is 38.5 Å². The fourth-order valence-electron chi connectivity index (χ4n) is 4.19. The van der Waals surface area contributed by atoms with Gasteiger partial charge in [-0.3, -0.25) is 29.8 Å². The van der Waals surface area contributed by atoms with E-state index in [1.807, 2.05) is 36.4 Å². The highest BCUT2D eigenvalue weighted by Crippen LogP contribution is 2.31. The number of aliphatic imine (C=N–C) groups is 1. The van der Waals surface area contributed by atoms with Crippen LogP contribution in [0, 0.1) is 17.0 Å². The maximum Gasteiger partial charge on any atom is 0.311 e. The lowest BCUT2D eigenvalue weighted by Gasteiger charge is -2.03. The van der Waals surface area contributed by atoms with Crippen molar-refractivity contribution in [2.24, 2.45) is 4.99 Å². The van der Waals surface area contributed by atoms with Crippen molar-refractivity contribution < 1.29 is 14.5 Å². The minimum atomic E-state index is -0.531. The molecular weight excluding hydrogens is 518 g/mol. The number of carbonyl (C=O) groups is 1. The molecule has 10 nitrogen and oxygen atoms in total. The molecule has 0 atom stereocenters. The number of methoxy groups -OCH3 is 1. The summed E-state index contributed by atoms with van der Waals surface area (Å²) in [4.78, 5) is 45.3. The summed E-state index contributed by atoms with van der Waals surface area (Å²) in [5.41, 5.74) is 4.51. The van der Waals surface area contributed by atoms with Crippen LogP contribution in [0.25, 0.3) is 26.5 Å². The molecule has 5 rings (SSSR count).